The summed E-state index contributed by atoms with van der Waals surface area (Å²) in [6.07, 6.45) is 1.68. The van der Waals surface area contributed by atoms with Gasteiger partial charge < -0.3 is 9.47 Å². The number of hydrogen-bond donors (Lipinski definition) is 0. The van der Waals surface area contributed by atoms with Gasteiger partial charge >= 0.3 is 6.16 Å². The summed E-state index contributed by atoms with van der Waals surface area (Å²) in [5.41, 5.74) is 0.470. The quantitative estimate of drug-likeness (QED) is 0.468. The number of carbonyl (C=O) groups is 1. The maximum Gasteiger partial charge on any atom is 0.518 e. The Labute approximate surface area is 116 Å². The van der Waals surface area contributed by atoms with E-state index in [0.717, 1.165) is 6.26 Å². The Hall–Kier alpha value is -1.59. The molecule has 0 aliphatic carbocycles. The molecule has 0 N–H and O–H groups in total. The van der Waals surface area contributed by atoms with Crippen LogP contribution < -0.4 is 4.74 Å². The van der Waals surface area contributed by atoms with Gasteiger partial charge in [-0.15, -0.1) is 0 Å². The van der Waals surface area contributed by atoms with E-state index in [1.165, 1.54) is 0 Å². The molecule has 1 aromatic carbocycles. The molecule has 6 heteroatoms. The molecule has 2 aromatic rings. The lowest BCUT2D eigenvalue weighted by Gasteiger charge is -2.09. The SMILES string of the molecule is C=COC(=O)Oc1c(Br)cc(Cl)c2cccnc12. The zero-order valence-electron chi connectivity index (χ0n) is 9.02. The van der Waals surface area contributed by atoms with E-state index in [1.807, 2.05) is 0 Å². The highest BCUT2D eigenvalue weighted by Gasteiger charge is 2.15. The minimum Gasteiger partial charge on any atom is -0.403 e. The lowest BCUT2D eigenvalue weighted by atomic mass is 10.2. The fraction of sp³-hybridized carbons (Fsp3) is 0. The highest BCUT2D eigenvalue weighted by Crippen LogP contribution is 2.37. The molecule has 0 unspecified atom stereocenters. The van der Waals surface area contributed by atoms with Crippen molar-refractivity contribution in [3.05, 3.63) is 46.7 Å². The van der Waals surface area contributed by atoms with Crippen molar-refractivity contribution in [2.24, 2.45) is 0 Å². The van der Waals surface area contributed by atoms with E-state index >= 15 is 0 Å². The van der Waals surface area contributed by atoms with Crippen LogP contribution in [0.1, 0.15) is 0 Å². The van der Waals surface area contributed by atoms with Crippen LogP contribution in [0.25, 0.3) is 10.9 Å². The predicted octanol–water partition coefficient (Wildman–Crippen LogP) is 4.31. The first-order valence-electron chi connectivity index (χ1n) is 4.85. The van der Waals surface area contributed by atoms with E-state index in [2.05, 4.69) is 32.2 Å². The third kappa shape index (κ3) is 2.47. The van der Waals surface area contributed by atoms with Crippen molar-refractivity contribution in [3.63, 3.8) is 0 Å². The summed E-state index contributed by atoms with van der Waals surface area (Å²) in [6.45, 7) is 3.27. The molecule has 0 amide bonds. The Morgan fingerprint density at radius 3 is 3.06 bits per heavy atom. The van der Waals surface area contributed by atoms with E-state index < -0.39 is 6.16 Å². The maximum atomic E-state index is 11.3. The van der Waals surface area contributed by atoms with Crippen LogP contribution in [0.4, 0.5) is 4.79 Å². The summed E-state index contributed by atoms with van der Waals surface area (Å²) in [5.74, 6) is 0.252. The molecular formula is C12H7BrClNO3. The molecule has 0 aliphatic heterocycles. The average Bonchev–Trinajstić information content (AvgIpc) is 2.35. The van der Waals surface area contributed by atoms with Gasteiger partial charge in [-0.3, -0.25) is 4.98 Å². The first-order chi connectivity index (χ1) is 8.63. The average molecular weight is 329 g/mol. The van der Waals surface area contributed by atoms with E-state index in [0.29, 0.717) is 20.4 Å². The smallest absolute Gasteiger partial charge is 0.403 e. The Balaban J connectivity index is 2.55. The fourth-order valence-electron chi connectivity index (χ4n) is 1.42. The molecule has 92 valence electrons. The highest BCUT2D eigenvalue weighted by atomic mass is 79.9. The largest absolute Gasteiger partial charge is 0.518 e. The lowest BCUT2D eigenvalue weighted by molar-refractivity contribution is 0.136. The number of halogens is 2. The van der Waals surface area contributed by atoms with Crippen molar-refractivity contribution in [2.45, 2.75) is 0 Å². The molecule has 0 saturated heterocycles. The molecule has 0 spiro atoms. The molecule has 0 atom stereocenters. The van der Waals surface area contributed by atoms with Crippen LogP contribution in [-0.4, -0.2) is 11.1 Å². The Kier molecular flexibility index (Phi) is 3.84. The zero-order valence-corrected chi connectivity index (χ0v) is 11.4. The second kappa shape index (κ2) is 5.37. The van der Waals surface area contributed by atoms with Gasteiger partial charge in [0.25, 0.3) is 0 Å². The minimum absolute atomic E-state index is 0.252. The van der Waals surface area contributed by atoms with Gasteiger partial charge in [0.1, 0.15) is 5.52 Å². The Morgan fingerprint density at radius 2 is 2.33 bits per heavy atom. The summed E-state index contributed by atoms with van der Waals surface area (Å²) in [4.78, 5) is 15.4. The van der Waals surface area contributed by atoms with Crippen LogP contribution in [0.5, 0.6) is 5.75 Å². The van der Waals surface area contributed by atoms with Crippen molar-refractivity contribution < 1.29 is 14.3 Å². The summed E-state index contributed by atoms with van der Waals surface area (Å²) in [6, 6.07) is 5.15. The molecule has 4 nitrogen and oxygen atoms in total. The Morgan fingerprint density at radius 1 is 1.56 bits per heavy atom. The second-order valence-corrected chi connectivity index (χ2v) is 4.47. The number of hydrogen-bond acceptors (Lipinski definition) is 4. The van der Waals surface area contributed by atoms with Crippen LogP contribution >= 0.6 is 27.5 Å². The fourth-order valence-corrected chi connectivity index (χ4v) is 2.31. The number of fused-ring (bicyclic) bond motifs is 1. The van der Waals surface area contributed by atoms with Gasteiger partial charge in [-0.1, -0.05) is 18.2 Å². The number of pyridine rings is 1. The molecule has 0 fully saturated rings. The maximum absolute atomic E-state index is 11.3. The molecule has 0 bridgehead atoms. The number of benzene rings is 1. The minimum atomic E-state index is -0.889. The van der Waals surface area contributed by atoms with Gasteiger partial charge in [-0.25, -0.2) is 4.79 Å². The van der Waals surface area contributed by atoms with Gasteiger partial charge in [0.2, 0.25) is 0 Å². The number of ether oxygens (including phenoxy) is 2. The molecular weight excluding hydrogens is 321 g/mol. The molecule has 1 heterocycles. The summed E-state index contributed by atoms with van der Waals surface area (Å²) in [5, 5.41) is 1.19. The number of nitrogens with zero attached hydrogens (tertiary/aromatic N) is 1. The highest BCUT2D eigenvalue weighted by molar-refractivity contribution is 9.10. The molecule has 2 rings (SSSR count). The van der Waals surface area contributed by atoms with Crippen molar-refractivity contribution in [3.8, 4) is 5.75 Å². The lowest BCUT2D eigenvalue weighted by Crippen LogP contribution is -2.08. The molecule has 0 aliphatic rings. The van der Waals surface area contributed by atoms with Gasteiger partial charge in [0.15, 0.2) is 5.75 Å². The second-order valence-electron chi connectivity index (χ2n) is 3.21. The third-order valence-corrected chi connectivity index (χ3v) is 3.02. The number of carbonyl (C=O) groups excluding carboxylic acids is 1. The van der Waals surface area contributed by atoms with E-state index in [-0.39, 0.29) is 5.75 Å². The topological polar surface area (TPSA) is 48.4 Å². The first kappa shape index (κ1) is 12.9. The monoisotopic (exact) mass is 327 g/mol. The van der Waals surface area contributed by atoms with Crippen molar-refractivity contribution in [1.82, 2.24) is 4.98 Å². The Bertz CT molecular complexity index is 630. The van der Waals surface area contributed by atoms with Gasteiger partial charge in [0.05, 0.1) is 15.8 Å². The number of rotatable bonds is 2. The molecule has 0 radical (unpaired) electrons. The van der Waals surface area contributed by atoms with Crippen LogP contribution in [0.2, 0.25) is 5.02 Å². The van der Waals surface area contributed by atoms with E-state index in [4.69, 9.17) is 16.3 Å². The molecule has 0 saturated carbocycles. The van der Waals surface area contributed by atoms with Crippen molar-refractivity contribution >= 4 is 44.6 Å². The number of aromatic nitrogens is 1. The summed E-state index contributed by atoms with van der Waals surface area (Å²) >= 11 is 9.34. The van der Waals surface area contributed by atoms with Crippen LogP contribution in [0.15, 0.2) is 41.7 Å². The third-order valence-electron chi connectivity index (χ3n) is 2.12. The molecule has 1 aromatic heterocycles. The van der Waals surface area contributed by atoms with Crippen LogP contribution in [0.3, 0.4) is 0 Å². The summed E-state index contributed by atoms with van der Waals surface area (Å²) < 4.78 is 10.1. The van der Waals surface area contributed by atoms with Crippen molar-refractivity contribution in [1.29, 1.82) is 0 Å². The standard InChI is InChI=1S/C12H7BrClNO3/c1-2-17-12(16)18-11-8(13)6-9(14)7-4-3-5-15-10(7)11/h2-6H,1H2. The van der Waals surface area contributed by atoms with Gasteiger partial charge in [0, 0.05) is 11.6 Å². The first-order valence-corrected chi connectivity index (χ1v) is 6.02. The van der Waals surface area contributed by atoms with Crippen molar-refractivity contribution in [2.75, 3.05) is 0 Å². The predicted molar refractivity (Wildman–Crippen MR) is 71.8 cm³/mol. The van der Waals surface area contributed by atoms with Gasteiger partial charge in [-0.2, -0.15) is 0 Å². The van der Waals surface area contributed by atoms with E-state index in [1.54, 1.807) is 24.4 Å². The van der Waals surface area contributed by atoms with Gasteiger partial charge in [-0.05, 0) is 34.1 Å². The van der Waals surface area contributed by atoms with Crippen LogP contribution in [-0.2, 0) is 4.74 Å². The summed E-state index contributed by atoms with van der Waals surface area (Å²) in [7, 11) is 0. The normalized spacial score (nSPS) is 10.1. The zero-order chi connectivity index (χ0) is 13.1. The molecule has 18 heavy (non-hydrogen) atoms. The van der Waals surface area contributed by atoms with Crippen LogP contribution in [0, 0.1) is 0 Å². The van der Waals surface area contributed by atoms with E-state index in [9.17, 15) is 4.79 Å².